The van der Waals surface area contributed by atoms with Crippen LogP contribution in [0, 0.1) is 0 Å². The summed E-state index contributed by atoms with van der Waals surface area (Å²) in [7, 11) is 6.49. The van der Waals surface area contributed by atoms with Crippen molar-refractivity contribution in [1.29, 1.82) is 0 Å². The molecular formula is C20H24O4. The molecule has 0 aliphatic heterocycles. The fraction of sp³-hybridized carbons (Fsp3) is 0.200. The van der Waals surface area contributed by atoms with Crippen molar-refractivity contribution < 1.29 is 18.9 Å². The molecule has 0 fully saturated rings. The zero-order valence-corrected chi connectivity index (χ0v) is 14.7. The van der Waals surface area contributed by atoms with Crippen LogP contribution < -0.4 is 18.9 Å². The molecule has 24 heavy (non-hydrogen) atoms. The van der Waals surface area contributed by atoms with E-state index >= 15 is 0 Å². The molecule has 2 rings (SSSR count). The van der Waals surface area contributed by atoms with Gasteiger partial charge in [-0.1, -0.05) is 31.4 Å². The highest BCUT2D eigenvalue weighted by Gasteiger charge is 2.01. The Kier molecular flexibility index (Phi) is 7.99. The minimum Gasteiger partial charge on any atom is -0.497 e. The van der Waals surface area contributed by atoms with Crippen LogP contribution in [0.3, 0.4) is 0 Å². The van der Waals surface area contributed by atoms with Crippen molar-refractivity contribution in [3.8, 4) is 23.0 Å². The Morgan fingerprint density at radius 1 is 0.667 bits per heavy atom. The van der Waals surface area contributed by atoms with Gasteiger partial charge >= 0.3 is 0 Å². The highest BCUT2D eigenvalue weighted by molar-refractivity contribution is 5.57. The predicted octanol–water partition coefficient (Wildman–Crippen LogP) is 4.69. The molecule has 0 unspecified atom stereocenters. The molecule has 0 aliphatic rings. The second kappa shape index (κ2) is 10.0. The summed E-state index contributed by atoms with van der Waals surface area (Å²) in [6, 6.07) is 11.3. The highest BCUT2D eigenvalue weighted by atomic mass is 16.5. The van der Waals surface area contributed by atoms with Crippen LogP contribution in [0.2, 0.25) is 0 Å². The lowest BCUT2D eigenvalue weighted by Crippen LogP contribution is -1.90. The molecule has 0 heterocycles. The third-order valence-electron chi connectivity index (χ3n) is 3.30. The summed E-state index contributed by atoms with van der Waals surface area (Å²) in [4.78, 5) is 0. The minimum absolute atomic E-state index is 0.731. The van der Waals surface area contributed by atoms with Gasteiger partial charge in [0, 0.05) is 11.6 Å². The standard InChI is InChI=1S/2C10H12O2/c1-4-8-5-6-9(11-2)7-10(8)12-3;1-4-8-5-6-9(11-2)10(7-8)12-3/h2*4-7H,1H2,2-3H3. The maximum Gasteiger partial charge on any atom is 0.161 e. The third kappa shape index (κ3) is 5.09. The van der Waals surface area contributed by atoms with Crippen LogP contribution in [-0.2, 0) is 0 Å². The lowest BCUT2D eigenvalue weighted by Gasteiger charge is -2.07. The quantitative estimate of drug-likeness (QED) is 0.770. The second-order valence-corrected chi connectivity index (χ2v) is 4.63. The van der Waals surface area contributed by atoms with Gasteiger partial charge in [0.1, 0.15) is 11.5 Å². The van der Waals surface area contributed by atoms with Gasteiger partial charge in [-0.15, -0.1) is 0 Å². The van der Waals surface area contributed by atoms with Crippen molar-refractivity contribution in [1.82, 2.24) is 0 Å². The average molecular weight is 328 g/mol. The molecule has 128 valence electrons. The van der Waals surface area contributed by atoms with E-state index in [0.717, 1.165) is 34.1 Å². The summed E-state index contributed by atoms with van der Waals surface area (Å²) in [6.07, 6.45) is 3.51. The fourth-order valence-corrected chi connectivity index (χ4v) is 1.97. The molecule has 0 aliphatic carbocycles. The summed E-state index contributed by atoms with van der Waals surface area (Å²) < 4.78 is 20.4. The number of ether oxygens (including phenoxy) is 4. The summed E-state index contributed by atoms with van der Waals surface area (Å²) in [6.45, 7) is 7.34. The summed E-state index contributed by atoms with van der Waals surface area (Å²) in [5, 5.41) is 0. The number of hydrogen-bond acceptors (Lipinski definition) is 4. The van der Waals surface area contributed by atoms with Crippen LogP contribution >= 0.6 is 0 Å². The number of hydrogen-bond donors (Lipinski definition) is 0. The smallest absolute Gasteiger partial charge is 0.161 e. The van der Waals surface area contributed by atoms with Crippen LogP contribution in [-0.4, -0.2) is 28.4 Å². The van der Waals surface area contributed by atoms with Crippen LogP contribution in [0.1, 0.15) is 11.1 Å². The Balaban J connectivity index is 0.000000240. The van der Waals surface area contributed by atoms with E-state index in [9.17, 15) is 0 Å². The summed E-state index contributed by atoms with van der Waals surface area (Å²) in [5.41, 5.74) is 1.99. The molecule has 0 spiro atoms. The molecule has 0 N–H and O–H groups in total. The lowest BCUT2D eigenvalue weighted by atomic mass is 10.2. The van der Waals surface area contributed by atoms with E-state index in [1.54, 1.807) is 40.6 Å². The van der Waals surface area contributed by atoms with Crippen LogP contribution in [0.25, 0.3) is 12.2 Å². The number of methoxy groups -OCH3 is 4. The van der Waals surface area contributed by atoms with Gasteiger partial charge in [0.2, 0.25) is 0 Å². The van der Waals surface area contributed by atoms with E-state index in [-0.39, 0.29) is 0 Å². The van der Waals surface area contributed by atoms with Gasteiger partial charge in [-0.2, -0.15) is 0 Å². The molecule has 0 radical (unpaired) electrons. The molecule has 0 saturated heterocycles. The summed E-state index contributed by atoms with van der Waals surface area (Å²) in [5.74, 6) is 3.04. The van der Waals surface area contributed by atoms with E-state index in [2.05, 4.69) is 13.2 Å². The topological polar surface area (TPSA) is 36.9 Å². The third-order valence-corrected chi connectivity index (χ3v) is 3.30. The van der Waals surface area contributed by atoms with Crippen molar-refractivity contribution in [3.05, 3.63) is 60.7 Å². The molecule has 0 amide bonds. The molecule has 2 aromatic rings. The Morgan fingerprint density at radius 2 is 1.33 bits per heavy atom. The molecular weight excluding hydrogens is 304 g/mol. The van der Waals surface area contributed by atoms with Crippen LogP contribution in [0.5, 0.6) is 23.0 Å². The first-order valence-electron chi connectivity index (χ1n) is 7.32. The Morgan fingerprint density at radius 3 is 1.83 bits per heavy atom. The SMILES string of the molecule is C=Cc1ccc(OC)c(OC)c1.C=Cc1ccc(OC)cc1OC. The molecule has 4 heteroatoms. The largest absolute Gasteiger partial charge is 0.497 e. The monoisotopic (exact) mass is 328 g/mol. The van der Waals surface area contributed by atoms with Gasteiger partial charge in [-0.25, -0.2) is 0 Å². The van der Waals surface area contributed by atoms with Crippen LogP contribution in [0.4, 0.5) is 0 Å². The Hall–Kier alpha value is -2.88. The normalized spacial score (nSPS) is 9.17. The van der Waals surface area contributed by atoms with Gasteiger partial charge in [-0.05, 0) is 29.8 Å². The fourth-order valence-electron chi connectivity index (χ4n) is 1.97. The van der Waals surface area contributed by atoms with E-state index in [0.29, 0.717) is 0 Å². The van der Waals surface area contributed by atoms with Gasteiger partial charge in [-0.3, -0.25) is 0 Å². The highest BCUT2D eigenvalue weighted by Crippen LogP contribution is 2.27. The zero-order valence-electron chi connectivity index (χ0n) is 14.7. The molecule has 4 nitrogen and oxygen atoms in total. The molecule has 0 saturated carbocycles. The first-order chi connectivity index (χ1) is 11.6. The van der Waals surface area contributed by atoms with E-state index < -0.39 is 0 Å². The first kappa shape index (κ1) is 19.2. The van der Waals surface area contributed by atoms with E-state index in [4.69, 9.17) is 18.9 Å². The van der Waals surface area contributed by atoms with Gasteiger partial charge < -0.3 is 18.9 Å². The van der Waals surface area contributed by atoms with Crippen molar-refractivity contribution >= 4 is 12.2 Å². The number of rotatable bonds is 6. The Labute approximate surface area is 143 Å². The second-order valence-electron chi connectivity index (χ2n) is 4.63. The maximum absolute atomic E-state index is 5.13. The van der Waals surface area contributed by atoms with E-state index in [1.165, 1.54) is 0 Å². The van der Waals surface area contributed by atoms with Gasteiger partial charge in [0.05, 0.1) is 28.4 Å². The van der Waals surface area contributed by atoms with Crippen molar-refractivity contribution in [3.63, 3.8) is 0 Å². The minimum atomic E-state index is 0.731. The van der Waals surface area contributed by atoms with Crippen molar-refractivity contribution in [2.24, 2.45) is 0 Å². The van der Waals surface area contributed by atoms with Gasteiger partial charge in [0.25, 0.3) is 0 Å². The molecule has 0 aromatic heterocycles. The lowest BCUT2D eigenvalue weighted by molar-refractivity contribution is 0.355. The Bertz CT molecular complexity index is 677. The molecule has 2 aromatic carbocycles. The van der Waals surface area contributed by atoms with Gasteiger partial charge in [0.15, 0.2) is 11.5 Å². The summed E-state index contributed by atoms with van der Waals surface area (Å²) >= 11 is 0. The maximum atomic E-state index is 5.13. The molecule has 0 atom stereocenters. The average Bonchev–Trinajstić information content (AvgIpc) is 2.67. The predicted molar refractivity (Wildman–Crippen MR) is 99.3 cm³/mol. The van der Waals surface area contributed by atoms with E-state index in [1.807, 2.05) is 36.4 Å². The van der Waals surface area contributed by atoms with Crippen molar-refractivity contribution in [2.75, 3.05) is 28.4 Å². The van der Waals surface area contributed by atoms with Crippen LogP contribution in [0.15, 0.2) is 49.6 Å². The number of benzene rings is 2. The zero-order chi connectivity index (χ0) is 17.9. The van der Waals surface area contributed by atoms with Crippen molar-refractivity contribution in [2.45, 2.75) is 0 Å². The molecule has 0 bridgehead atoms. The first-order valence-corrected chi connectivity index (χ1v) is 7.32.